The minimum absolute atomic E-state index is 0.0383. The maximum atomic E-state index is 12.5. The van der Waals surface area contributed by atoms with Gasteiger partial charge in [-0.1, -0.05) is 36.4 Å². The summed E-state index contributed by atoms with van der Waals surface area (Å²) < 4.78 is 5.27. The van der Waals surface area contributed by atoms with Crippen molar-refractivity contribution in [2.75, 3.05) is 23.3 Å². The number of nitrogens with one attached hydrogen (secondary N) is 1. The fourth-order valence-corrected chi connectivity index (χ4v) is 3.64. The number of anilines is 2. The molecule has 0 atom stereocenters. The summed E-state index contributed by atoms with van der Waals surface area (Å²) in [7, 11) is 0. The smallest absolute Gasteiger partial charge is 0.331 e. The third kappa shape index (κ3) is 3.83. The van der Waals surface area contributed by atoms with Crippen LogP contribution in [-0.2, 0) is 9.59 Å². The van der Waals surface area contributed by atoms with Gasteiger partial charge in [0, 0.05) is 10.9 Å². The number of benzene rings is 2. The molecular weight excluding hydrogens is 362 g/mol. The maximum Gasteiger partial charge on any atom is 0.331 e. The van der Waals surface area contributed by atoms with E-state index in [0.717, 1.165) is 22.5 Å². The van der Waals surface area contributed by atoms with E-state index in [2.05, 4.69) is 10.3 Å². The van der Waals surface area contributed by atoms with Gasteiger partial charge >= 0.3 is 5.97 Å². The molecule has 0 fully saturated rings. The molecular formula is C20H17N3O3S. The molecule has 1 N–H and O–H groups in total. The van der Waals surface area contributed by atoms with E-state index in [1.165, 1.54) is 11.3 Å². The summed E-state index contributed by atoms with van der Waals surface area (Å²) >= 11 is 1.37. The molecule has 1 aliphatic heterocycles. The minimum Gasteiger partial charge on any atom is -0.423 e. The predicted molar refractivity (Wildman–Crippen MR) is 105 cm³/mol. The lowest BCUT2D eigenvalue weighted by Crippen LogP contribution is -2.41. The second-order valence-corrected chi connectivity index (χ2v) is 7.11. The molecule has 0 spiro atoms. The number of amides is 1. The van der Waals surface area contributed by atoms with E-state index in [4.69, 9.17) is 4.74 Å². The monoisotopic (exact) mass is 379 g/mol. The van der Waals surface area contributed by atoms with E-state index in [1.807, 2.05) is 54.8 Å². The van der Waals surface area contributed by atoms with E-state index in [9.17, 15) is 9.59 Å². The molecule has 0 unspecified atom stereocenters. The number of hydrogen-bond acceptors (Lipinski definition) is 6. The number of carbonyl (C=O) groups excluding carboxylic acids is 2. The fraction of sp³-hybridized carbons (Fsp3) is 0.150. The number of nitrogens with zero attached hydrogens (tertiary/aromatic N) is 2. The number of aryl methyl sites for hydroxylation is 1. The van der Waals surface area contributed by atoms with Gasteiger partial charge < -0.3 is 15.0 Å². The summed E-state index contributed by atoms with van der Waals surface area (Å²) in [6.45, 7) is 2.01. The standard InChI is InChI=1S/C20H17N3O3S/c1-13-7-8-16-17(9-13)26-19(25)11-23(16)10-18(24)22-20-21-15(12-27-20)14-5-3-2-4-6-14/h2-9,12H,10-11H2,1H3,(H,21,22,24). The number of carbonyl (C=O) groups is 2. The van der Waals surface area contributed by atoms with Crippen LogP contribution < -0.4 is 15.0 Å². The zero-order valence-electron chi connectivity index (χ0n) is 14.6. The Kier molecular flexibility index (Phi) is 4.60. The third-order valence-corrected chi connectivity index (χ3v) is 4.91. The third-order valence-electron chi connectivity index (χ3n) is 4.15. The van der Waals surface area contributed by atoms with E-state index < -0.39 is 0 Å². The average molecular weight is 379 g/mol. The molecule has 2 aromatic carbocycles. The summed E-state index contributed by atoms with van der Waals surface area (Å²) in [4.78, 5) is 30.5. The lowest BCUT2D eigenvalue weighted by Gasteiger charge is -2.29. The van der Waals surface area contributed by atoms with Crippen molar-refractivity contribution in [2.45, 2.75) is 6.92 Å². The topological polar surface area (TPSA) is 71.5 Å². The second kappa shape index (κ2) is 7.20. The molecule has 4 rings (SSSR count). The van der Waals surface area contributed by atoms with Crippen LogP contribution in [0.25, 0.3) is 11.3 Å². The zero-order chi connectivity index (χ0) is 18.8. The van der Waals surface area contributed by atoms with Crippen molar-refractivity contribution < 1.29 is 14.3 Å². The van der Waals surface area contributed by atoms with Gasteiger partial charge in [0.2, 0.25) is 5.91 Å². The maximum absolute atomic E-state index is 12.5. The Labute approximate surface area is 160 Å². The highest BCUT2D eigenvalue weighted by Crippen LogP contribution is 2.32. The minimum atomic E-state index is -0.374. The quantitative estimate of drug-likeness (QED) is 0.555. The van der Waals surface area contributed by atoms with Crippen molar-refractivity contribution in [1.82, 2.24) is 4.98 Å². The van der Waals surface area contributed by atoms with Crippen LogP contribution in [0.15, 0.2) is 53.9 Å². The first-order chi connectivity index (χ1) is 13.1. The molecule has 0 aliphatic carbocycles. The first-order valence-corrected chi connectivity index (χ1v) is 9.33. The summed E-state index contributed by atoms with van der Waals surface area (Å²) in [5, 5.41) is 5.25. The second-order valence-electron chi connectivity index (χ2n) is 6.25. The van der Waals surface area contributed by atoms with Crippen LogP contribution >= 0.6 is 11.3 Å². The summed E-state index contributed by atoms with van der Waals surface area (Å²) in [5.74, 6) is -0.119. The highest BCUT2D eigenvalue weighted by molar-refractivity contribution is 7.14. The van der Waals surface area contributed by atoms with Gasteiger partial charge in [0.15, 0.2) is 10.9 Å². The lowest BCUT2D eigenvalue weighted by molar-refractivity contribution is -0.133. The van der Waals surface area contributed by atoms with Crippen LogP contribution in [0.4, 0.5) is 10.8 Å². The van der Waals surface area contributed by atoms with Gasteiger partial charge in [0.25, 0.3) is 0 Å². The Morgan fingerprint density at radius 2 is 2.07 bits per heavy atom. The largest absolute Gasteiger partial charge is 0.423 e. The van der Waals surface area contributed by atoms with Crippen molar-refractivity contribution in [3.05, 3.63) is 59.5 Å². The fourth-order valence-electron chi connectivity index (χ4n) is 2.91. The van der Waals surface area contributed by atoms with E-state index in [-0.39, 0.29) is 25.0 Å². The van der Waals surface area contributed by atoms with Crippen molar-refractivity contribution in [3.63, 3.8) is 0 Å². The molecule has 7 heteroatoms. The van der Waals surface area contributed by atoms with Crippen molar-refractivity contribution in [3.8, 4) is 17.0 Å². The number of rotatable bonds is 4. The first-order valence-electron chi connectivity index (χ1n) is 8.45. The molecule has 1 aliphatic rings. The highest BCUT2D eigenvalue weighted by atomic mass is 32.1. The van der Waals surface area contributed by atoms with Crippen LogP contribution in [0.2, 0.25) is 0 Å². The Balaban J connectivity index is 1.46. The SMILES string of the molecule is Cc1ccc2c(c1)OC(=O)CN2CC(=O)Nc1nc(-c2ccccc2)cs1. The van der Waals surface area contributed by atoms with Gasteiger partial charge in [0.1, 0.15) is 6.54 Å². The van der Waals surface area contributed by atoms with Crippen molar-refractivity contribution in [1.29, 1.82) is 0 Å². The number of esters is 1. The number of thiazole rings is 1. The molecule has 0 saturated carbocycles. The number of fused-ring (bicyclic) bond motifs is 1. The van der Waals surface area contributed by atoms with Gasteiger partial charge in [-0.3, -0.25) is 4.79 Å². The normalized spacial score (nSPS) is 13.1. The summed E-state index contributed by atoms with van der Waals surface area (Å²) in [5.41, 5.74) is 3.54. The number of hydrogen-bond donors (Lipinski definition) is 1. The van der Waals surface area contributed by atoms with Gasteiger partial charge in [-0.15, -0.1) is 11.3 Å². The summed E-state index contributed by atoms with van der Waals surface area (Å²) in [6, 6.07) is 15.4. The molecule has 1 amide bonds. The van der Waals surface area contributed by atoms with Crippen molar-refractivity contribution >= 4 is 34.0 Å². The van der Waals surface area contributed by atoms with Crippen LogP contribution in [0.5, 0.6) is 5.75 Å². The molecule has 27 heavy (non-hydrogen) atoms. The van der Waals surface area contributed by atoms with Crippen LogP contribution in [0.1, 0.15) is 5.56 Å². The Hall–Kier alpha value is -3.19. The Morgan fingerprint density at radius 1 is 1.26 bits per heavy atom. The van der Waals surface area contributed by atoms with Crippen LogP contribution in [0, 0.1) is 6.92 Å². The Morgan fingerprint density at radius 3 is 2.89 bits per heavy atom. The molecule has 3 aromatic rings. The summed E-state index contributed by atoms with van der Waals surface area (Å²) in [6.07, 6.45) is 0. The predicted octanol–water partition coefficient (Wildman–Crippen LogP) is 3.48. The molecule has 6 nitrogen and oxygen atoms in total. The Bertz CT molecular complexity index is 1000. The van der Waals surface area contributed by atoms with Crippen molar-refractivity contribution in [2.24, 2.45) is 0 Å². The van der Waals surface area contributed by atoms with Gasteiger partial charge in [0.05, 0.1) is 17.9 Å². The number of ether oxygens (including phenoxy) is 1. The van der Waals surface area contributed by atoms with E-state index in [1.54, 1.807) is 11.0 Å². The van der Waals surface area contributed by atoms with Gasteiger partial charge in [-0.2, -0.15) is 0 Å². The number of aromatic nitrogens is 1. The van der Waals surface area contributed by atoms with Crippen LogP contribution in [0.3, 0.4) is 0 Å². The lowest BCUT2D eigenvalue weighted by atomic mass is 10.1. The first kappa shape index (κ1) is 17.2. The van der Waals surface area contributed by atoms with E-state index in [0.29, 0.717) is 10.9 Å². The van der Waals surface area contributed by atoms with E-state index >= 15 is 0 Å². The molecule has 0 radical (unpaired) electrons. The molecule has 1 aromatic heterocycles. The molecule has 2 heterocycles. The van der Waals surface area contributed by atoms with Gasteiger partial charge in [-0.05, 0) is 24.6 Å². The van der Waals surface area contributed by atoms with Crippen LogP contribution in [-0.4, -0.2) is 29.9 Å². The molecule has 0 bridgehead atoms. The molecule has 136 valence electrons. The molecule has 0 saturated heterocycles. The average Bonchev–Trinajstić information content (AvgIpc) is 3.10. The zero-order valence-corrected chi connectivity index (χ0v) is 15.5. The van der Waals surface area contributed by atoms with Gasteiger partial charge in [-0.25, -0.2) is 9.78 Å². The highest BCUT2D eigenvalue weighted by Gasteiger charge is 2.26.